The second-order valence-electron chi connectivity index (χ2n) is 8.58. The topological polar surface area (TPSA) is 135 Å². The predicted molar refractivity (Wildman–Crippen MR) is 120 cm³/mol. The number of allylic oxidation sites excluding steroid dienone is 1. The Labute approximate surface area is 185 Å². The van der Waals surface area contributed by atoms with Gasteiger partial charge in [0.1, 0.15) is 11.7 Å². The highest BCUT2D eigenvalue weighted by Gasteiger charge is 2.44. The van der Waals surface area contributed by atoms with Crippen LogP contribution in [0, 0.1) is 0 Å². The van der Waals surface area contributed by atoms with Crippen molar-refractivity contribution in [2.75, 3.05) is 25.0 Å². The Balaban J connectivity index is 1.34. The van der Waals surface area contributed by atoms with Crippen LogP contribution >= 0.6 is 0 Å². The highest BCUT2D eigenvalue weighted by Crippen LogP contribution is 2.41. The lowest BCUT2D eigenvalue weighted by atomic mass is 9.71. The van der Waals surface area contributed by atoms with Crippen molar-refractivity contribution in [2.24, 2.45) is 10.7 Å². The molecule has 6 heterocycles. The number of rotatable bonds is 5. The van der Waals surface area contributed by atoms with E-state index in [1.54, 1.807) is 25.3 Å². The van der Waals surface area contributed by atoms with E-state index in [4.69, 9.17) is 10.3 Å². The molecule has 4 aliphatic heterocycles. The van der Waals surface area contributed by atoms with Gasteiger partial charge in [-0.05, 0) is 58.0 Å². The van der Waals surface area contributed by atoms with Crippen molar-refractivity contribution in [1.82, 2.24) is 25.3 Å². The molecule has 10 heteroatoms. The van der Waals surface area contributed by atoms with Crippen molar-refractivity contribution >= 4 is 23.1 Å². The second-order valence-corrected chi connectivity index (χ2v) is 8.58. The van der Waals surface area contributed by atoms with Gasteiger partial charge in [-0.15, -0.1) is 0 Å². The first-order chi connectivity index (χ1) is 15.4. The number of aliphatic imine (C=N–C) groups is 1. The van der Waals surface area contributed by atoms with Gasteiger partial charge in [0.15, 0.2) is 5.82 Å². The molecule has 2 aromatic heterocycles. The Bertz CT molecular complexity index is 1130. The number of nitrogens with zero attached hydrogens (tertiary/aromatic N) is 5. The van der Waals surface area contributed by atoms with E-state index in [1.165, 1.54) is 0 Å². The summed E-state index contributed by atoms with van der Waals surface area (Å²) in [5.41, 5.74) is 8.10. The molecule has 6 rings (SSSR count). The van der Waals surface area contributed by atoms with Gasteiger partial charge >= 0.3 is 0 Å². The van der Waals surface area contributed by atoms with E-state index in [9.17, 15) is 4.79 Å². The normalized spacial score (nSPS) is 24.9. The Morgan fingerprint density at radius 2 is 2.06 bits per heavy atom. The lowest BCUT2D eigenvalue weighted by molar-refractivity contribution is 0.0747. The summed E-state index contributed by atoms with van der Waals surface area (Å²) in [5.74, 6) is 2.17. The van der Waals surface area contributed by atoms with Gasteiger partial charge in [-0.2, -0.15) is 4.98 Å². The van der Waals surface area contributed by atoms with Crippen LogP contribution < -0.4 is 16.4 Å². The molecule has 4 N–H and O–H groups in total. The zero-order valence-electron chi connectivity index (χ0n) is 18.0. The molecule has 0 aliphatic carbocycles. The van der Waals surface area contributed by atoms with Gasteiger partial charge in [0.25, 0.3) is 11.8 Å². The number of nitrogens with one attached hydrogen (secondary N) is 2. The summed E-state index contributed by atoms with van der Waals surface area (Å²) in [7, 11) is 0. The summed E-state index contributed by atoms with van der Waals surface area (Å²) in [5, 5.41) is 10.2. The minimum atomic E-state index is -0.101. The van der Waals surface area contributed by atoms with Crippen molar-refractivity contribution in [3.05, 3.63) is 53.6 Å². The molecule has 10 nitrogen and oxygen atoms in total. The van der Waals surface area contributed by atoms with Crippen molar-refractivity contribution in [2.45, 2.75) is 38.1 Å². The molecular formula is C22H26N8O2. The third-order valence-corrected chi connectivity index (χ3v) is 6.53. The average molecular weight is 435 g/mol. The quantitative estimate of drug-likeness (QED) is 0.368. The molecule has 32 heavy (non-hydrogen) atoms. The number of hydrogen-bond donors (Lipinski definition) is 3. The monoisotopic (exact) mass is 434 g/mol. The number of aromatic nitrogens is 3. The number of carbonyl (C=O) groups is 1. The SMILES string of the molecule is C=C(N)/C(=C\N=C(/C)Nc1ccc2c(n1)CNC2=O)c1nc(C23CCN(CC2)CC3)no1. The Hall–Kier alpha value is -3.53. The van der Waals surface area contributed by atoms with Crippen LogP contribution in [0.2, 0.25) is 0 Å². The number of nitrogens with two attached hydrogens (primary N) is 1. The maximum absolute atomic E-state index is 11.7. The van der Waals surface area contributed by atoms with Gasteiger partial charge < -0.3 is 25.8 Å². The molecule has 1 amide bonds. The first kappa shape index (κ1) is 20.4. The molecule has 4 aliphatic rings. The first-order valence-corrected chi connectivity index (χ1v) is 10.7. The maximum atomic E-state index is 11.7. The molecule has 3 saturated heterocycles. The zero-order valence-corrected chi connectivity index (χ0v) is 18.0. The third-order valence-electron chi connectivity index (χ3n) is 6.53. The minimum Gasteiger partial charge on any atom is -0.399 e. The molecule has 2 aromatic rings. The van der Waals surface area contributed by atoms with Gasteiger partial charge in [0.05, 0.1) is 23.4 Å². The molecule has 166 valence electrons. The van der Waals surface area contributed by atoms with Gasteiger partial charge in [-0.25, -0.2) is 9.98 Å². The number of fused-ring (bicyclic) bond motifs is 4. The van der Waals surface area contributed by atoms with Crippen LogP contribution in [0.5, 0.6) is 0 Å². The molecule has 0 spiro atoms. The Morgan fingerprint density at radius 3 is 2.78 bits per heavy atom. The fraction of sp³-hybridized carbons (Fsp3) is 0.409. The van der Waals surface area contributed by atoms with Crippen LogP contribution in [-0.2, 0) is 12.0 Å². The summed E-state index contributed by atoms with van der Waals surface area (Å²) in [6.45, 7) is 9.30. The van der Waals surface area contributed by atoms with Crippen molar-refractivity contribution < 1.29 is 9.32 Å². The van der Waals surface area contributed by atoms with Crippen LogP contribution in [0.3, 0.4) is 0 Å². The van der Waals surface area contributed by atoms with Crippen LogP contribution in [0.15, 0.2) is 40.1 Å². The Kier molecular flexibility index (Phi) is 5.01. The molecule has 0 saturated carbocycles. The van der Waals surface area contributed by atoms with Gasteiger partial charge in [0, 0.05) is 17.3 Å². The lowest BCUT2D eigenvalue weighted by Crippen LogP contribution is -2.51. The summed E-state index contributed by atoms with van der Waals surface area (Å²) in [4.78, 5) is 27.7. The standard InChI is InChI=1S/C22H26N8O2/c1-13(23)16(20-28-21(29-32-20)22-5-8-30(9-6-22)10-7-22)11-24-14(2)26-18-4-3-15-17(27-18)12-25-19(15)31/h3-4,11H,1,5-10,12,23H2,2H3,(H,25,31)(H,24,26,27)/b16-11+. The van der Waals surface area contributed by atoms with E-state index in [2.05, 4.69) is 42.2 Å². The molecule has 0 unspecified atom stereocenters. The average Bonchev–Trinajstić information content (AvgIpc) is 3.43. The van der Waals surface area contributed by atoms with Crippen molar-refractivity contribution in [1.29, 1.82) is 0 Å². The number of amides is 1. The number of anilines is 1. The van der Waals surface area contributed by atoms with E-state index in [0.29, 0.717) is 46.6 Å². The third kappa shape index (κ3) is 3.66. The van der Waals surface area contributed by atoms with E-state index >= 15 is 0 Å². The fourth-order valence-electron chi connectivity index (χ4n) is 4.54. The Morgan fingerprint density at radius 1 is 1.31 bits per heavy atom. The van der Waals surface area contributed by atoms with Crippen LogP contribution in [0.25, 0.3) is 5.57 Å². The van der Waals surface area contributed by atoms with Crippen LogP contribution in [-0.4, -0.2) is 51.4 Å². The molecule has 0 radical (unpaired) electrons. The first-order valence-electron chi connectivity index (χ1n) is 10.7. The number of carbonyl (C=O) groups excluding carboxylic acids is 1. The van der Waals surface area contributed by atoms with Gasteiger partial charge in [-0.1, -0.05) is 11.7 Å². The summed E-state index contributed by atoms with van der Waals surface area (Å²) >= 11 is 0. The molecule has 0 aromatic carbocycles. The summed E-state index contributed by atoms with van der Waals surface area (Å²) in [6.07, 6.45) is 4.71. The number of amidine groups is 1. The van der Waals surface area contributed by atoms with Crippen molar-refractivity contribution in [3.63, 3.8) is 0 Å². The van der Waals surface area contributed by atoms with Crippen LogP contribution in [0.1, 0.15) is 54.0 Å². The maximum Gasteiger partial charge on any atom is 0.261 e. The van der Waals surface area contributed by atoms with E-state index in [-0.39, 0.29) is 11.3 Å². The fourth-order valence-corrected chi connectivity index (χ4v) is 4.54. The smallest absolute Gasteiger partial charge is 0.261 e. The summed E-state index contributed by atoms with van der Waals surface area (Å²) in [6, 6.07) is 3.49. The minimum absolute atomic E-state index is 0.00619. The zero-order chi connectivity index (χ0) is 22.3. The highest BCUT2D eigenvalue weighted by molar-refractivity contribution is 5.98. The van der Waals surface area contributed by atoms with E-state index in [1.807, 2.05) is 0 Å². The predicted octanol–water partition coefficient (Wildman–Crippen LogP) is 1.79. The van der Waals surface area contributed by atoms with Crippen molar-refractivity contribution in [3.8, 4) is 0 Å². The lowest BCUT2D eigenvalue weighted by Gasteiger charge is -2.46. The highest BCUT2D eigenvalue weighted by atomic mass is 16.5. The molecular weight excluding hydrogens is 408 g/mol. The largest absolute Gasteiger partial charge is 0.399 e. The van der Waals surface area contributed by atoms with E-state index < -0.39 is 0 Å². The van der Waals surface area contributed by atoms with E-state index in [0.717, 1.165) is 44.7 Å². The molecule has 2 bridgehead atoms. The summed E-state index contributed by atoms with van der Waals surface area (Å²) < 4.78 is 5.57. The number of pyridine rings is 1. The molecule has 3 fully saturated rings. The van der Waals surface area contributed by atoms with Gasteiger partial charge in [0.2, 0.25) is 0 Å². The number of piperidine rings is 3. The second kappa shape index (κ2) is 7.86. The van der Waals surface area contributed by atoms with Gasteiger partial charge in [-0.3, -0.25) is 4.79 Å². The number of hydrogen-bond acceptors (Lipinski definition) is 8. The molecule has 0 atom stereocenters. The van der Waals surface area contributed by atoms with Crippen LogP contribution in [0.4, 0.5) is 5.82 Å².